The Balaban J connectivity index is 1.39. The van der Waals surface area contributed by atoms with Crippen molar-refractivity contribution in [3.05, 3.63) is 112 Å². The third-order valence-corrected chi connectivity index (χ3v) is 5.99. The highest BCUT2D eigenvalue weighted by atomic mass is 19.1. The summed E-state index contributed by atoms with van der Waals surface area (Å²) in [6.45, 7) is 0. The lowest BCUT2D eigenvalue weighted by molar-refractivity contribution is 0.101. The number of hydrogen-bond donors (Lipinski definition) is 4. The van der Waals surface area contributed by atoms with Gasteiger partial charge in [0.2, 0.25) is 0 Å². The Morgan fingerprint density at radius 1 is 0.892 bits per heavy atom. The Morgan fingerprint density at radius 3 is 2.32 bits per heavy atom. The predicted molar refractivity (Wildman–Crippen MR) is 142 cm³/mol. The number of fused-ring (bicyclic) bond motifs is 1. The van der Waals surface area contributed by atoms with E-state index in [2.05, 4.69) is 15.6 Å². The van der Waals surface area contributed by atoms with Crippen molar-refractivity contribution in [3.63, 3.8) is 0 Å². The van der Waals surface area contributed by atoms with Gasteiger partial charge in [0.25, 0.3) is 17.4 Å². The summed E-state index contributed by atoms with van der Waals surface area (Å²) in [5, 5.41) is 5.93. The van der Waals surface area contributed by atoms with Crippen LogP contribution in [0.2, 0.25) is 0 Å². The van der Waals surface area contributed by atoms with Gasteiger partial charge in [0.05, 0.1) is 11.4 Å². The maximum atomic E-state index is 14.5. The molecule has 5 N–H and O–H groups in total. The van der Waals surface area contributed by atoms with Gasteiger partial charge in [-0.1, -0.05) is 30.3 Å². The van der Waals surface area contributed by atoms with Crippen molar-refractivity contribution >= 4 is 39.8 Å². The summed E-state index contributed by atoms with van der Waals surface area (Å²) >= 11 is 0. The number of nitrogens with two attached hydrogens (primary N) is 1. The minimum absolute atomic E-state index is 0.136. The fourth-order valence-corrected chi connectivity index (χ4v) is 4.06. The second kappa shape index (κ2) is 9.46. The highest BCUT2D eigenvalue weighted by Gasteiger charge is 2.18. The molecule has 0 aliphatic heterocycles. The molecule has 0 atom stereocenters. The van der Waals surface area contributed by atoms with Crippen LogP contribution in [0.5, 0.6) is 0 Å². The number of benzene rings is 3. The molecule has 0 radical (unpaired) electrons. The SMILES string of the molecule is Cn1cc(-c2ccccc2F)c2cc(C(=O)Nc3ccc(C(=O)Nc4ccccc4N)cc3)[nH]c2c1=O. The molecule has 37 heavy (non-hydrogen) atoms. The zero-order valence-corrected chi connectivity index (χ0v) is 19.7. The number of aryl methyl sites for hydroxylation is 1. The number of pyridine rings is 1. The number of para-hydroxylation sites is 2. The lowest BCUT2D eigenvalue weighted by Gasteiger charge is -2.09. The number of nitrogens with one attached hydrogen (secondary N) is 3. The van der Waals surface area contributed by atoms with E-state index in [-0.39, 0.29) is 22.7 Å². The largest absolute Gasteiger partial charge is 0.397 e. The van der Waals surface area contributed by atoms with Crippen molar-refractivity contribution in [1.29, 1.82) is 0 Å². The summed E-state index contributed by atoms with van der Waals surface area (Å²) < 4.78 is 15.9. The number of nitrogens with zero attached hydrogens (tertiary/aromatic N) is 1. The van der Waals surface area contributed by atoms with Crippen LogP contribution >= 0.6 is 0 Å². The fourth-order valence-electron chi connectivity index (χ4n) is 4.06. The fraction of sp³-hybridized carbons (Fsp3) is 0.0357. The smallest absolute Gasteiger partial charge is 0.274 e. The average molecular weight is 496 g/mol. The van der Waals surface area contributed by atoms with Crippen molar-refractivity contribution in [2.24, 2.45) is 7.05 Å². The summed E-state index contributed by atoms with van der Waals surface area (Å²) in [7, 11) is 1.57. The summed E-state index contributed by atoms with van der Waals surface area (Å²) in [5.74, 6) is -1.27. The highest BCUT2D eigenvalue weighted by Crippen LogP contribution is 2.29. The third kappa shape index (κ3) is 4.57. The van der Waals surface area contributed by atoms with E-state index in [0.29, 0.717) is 39.1 Å². The van der Waals surface area contributed by atoms with Crippen molar-refractivity contribution < 1.29 is 14.0 Å². The zero-order valence-electron chi connectivity index (χ0n) is 19.7. The molecule has 0 saturated carbocycles. The van der Waals surface area contributed by atoms with E-state index in [0.717, 1.165) is 0 Å². The summed E-state index contributed by atoms with van der Waals surface area (Å²) in [4.78, 5) is 41.1. The zero-order chi connectivity index (χ0) is 26.1. The first kappa shape index (κ1) is 23.6. The topological polar surface area (TPSA) is 122 Å². The van der Waals surface area contributed by atoms with E-state index in [1.165, 1.54) is 16.7 Å². The number of nitrogen functional groups attached to an aromatic ring is 1. The van der Waals surface area contributed by atoms with Crippen molar-refractivity contribution in [1.82, 2.24) is 9.55 Å². The minimum Gasteiger partial charge on any atom is -0.397 e. The Kier molecular flexibility index (Phi) is 6.02. The molecule has 2 aromatic heterocycles. The number of aromatic amines is 1. The van der Waals surface area contributed by atoms with Gasteiger partial charge in [-0.25, -0.2) is 4.39 Å². The second-order valence-corrected chi connectivity index (χ2v) is 8.48. The first-order valence-electron chi connectivity index (χ1n) is 11.4. The van der Waals surface area contributed by atoms with E-state index in [1.54, 1.807) is 80.0 Å². The number of carbonyl (C=O) groups excluding carboxylic acids is 2. The number of rotatable bonds is 5. The van der Waals surface area contributed by atoms with Crippen molar-refractivity contribution in [2.45, 2.75) is 0 Å². The summed E-state index contributed by atoms with van der Waals surface area (Å²) in [6.07, 6.45) is 1.55. The lowest BCUT2D eigenvalue weighted by atomic mass is 10.0. The molecule has 0 bridgehead atoms. The van der Waals surface area contributed by atoms with Crippen LogP contribution in [0.1, 0.15) is 20.8 Å². The molecule has 2 heterocycles. The van der Waals surface area contributed by atoms with Gasteiger partial charge in [-0.3, -0.25) is 14.4 Å². The summed E-state index contributed by atoms with van der Waals surface area (Å²) in [5.41, 5.74) is 8.44. The maximum Gasteiger partial charge on any atom is 0.274 e. The molecular formula is C28H22FN5O3. The van der Waals surface area contributed by atoms with Crippen LogP contribution in [-0.4, -0.2) is 21.4 Å². The first-order chi connectivity index (χ1) is 17.8. The van der Waals surface area contributed by atoms with Crippen molar-refractivity contribution in [3.8, 4) is 11.1 Å². The second-order valence-electron chi connectivity index (χ2n) is 8.48. The number of amides is 2. The van der Waals surface area contributed by atoms with Gasteiger partial charge >= 0.3 is 0 Å². The maximum absolute atomic E-state index is 14.5. The van der Waals surface area contributed by atoms with E-state index in [9.17, 15) is 18.8 Å². The van der Waals surface area contributed by atoms with Gasteiger partial charge in [-0.2, -0.15) is 0 Å². The lowest BCUT2D eigenvalue weighted by Crippen LogP contribution is -2.17. The molecule has 0 saturated heterocycles. The Bertz CT molecular complexity index is 1720. The molecule has 0 aliphatic rings. The van der Waals surface area contributed by atoms with Crippen LogP contribution < -0.4 is 21.9 Å². The summed E-state index contributed by atoms with van der Waals surface area (Å²) in [6, 6.07) is 21.0. The monoisotopic (exact) mass is 495 g/mol. The predicted octanol–water partition coefficient (Wildman–Crippen LogP) is 4.76. The Labute approximate surface area is 210 Å². The molecule has 0 unspecified atom stereocenters. The Morgan fingerprint density at radius 2 is 1.59 bits per heavy atom. The van der Waals surface area contributed by atoms with Crippen LogP contribution in [0.15, 0.2) is 89.9 Å². The normalized spacial score (nSPS) is 10.9. The molecule has 5 rings (SSSR count). The number of hydrogen-bond acceptors (Lipinski definition) is 4. The van der Waals surface area contributed by atoms with Gasteiger partial charge in [-0.05, 0) is 48.5 Å². The standard InChI is InChI=1S/C28H22FN5O3/c1-34-15-20(18-6-2-3-7-21(18)29)19-14-24(32-25(19)28(34)37)27(36)31-17-12-10-16(11-13-17)26(35)33-23-9-5-4-8-22(23)30/h2-15,32H,30H2,1H3,(H,31,36)(H,33,35). The molecule has 3 aromatic carbocycles. The Hall–Kier alpha value is -5.18. The van der Waals surface area contributed by atoms with Crippen LogP contribution in [-0.2, 0) is 7.05 Å². The molecule has 8 nitrogen and oxygen atoms in total. The molecule has 2 amide bonds. The molecule has 0 aliphatic carbocycles. The highest BCUT2D eigenvalue weighted by molar-refractivity contribution is 6.09. The van der Waals surface area contributed by atoms with E-state index < -0.39 is 11.7 Å². The van der Waals surface area contributed by atoms with Gasteiger partial charge in [0.1, 0.15) is 17.0 Å². The van der Waals surface area contributed by atoms with Crippen LogP contribution in [0, 0.1) is 5.82 Å². The first-order valence-corrected chi connectivity index (χ1v) is 11.4. The average Bonchev–Trinajstić information content (AvgIpc) is 3.35. The number of halogens is 1. The van der Waals surface area contributed by atoms with Gasteiger partial charge in [-0.15, -0.1) is 0 Å². The van der Waals surface area contributed by atoms with Crippen molar-refractivity contribution in [2.75, 3.05) is 16.4 Å². The van der Waals surface area contributed by atoms with Gasteiger partial charge in [0, 0.05) is 41.0 Å². The third-order valence-electron chi connectivity index (χ3n) is 5.99. The molecule has 5 aromatic rings. The number of H-pyrrole nitrogens is 1. The molecular weight excluding hydrogens is 473 g/mol. The van der Waals surface area contributed by atoms with E-state index >= 15 is 0 Å². The molecule has 184 valence electrons. The van der Waals surface area contributed by atoms with Crippen LogP contribution in [0.3, 0.4) is 0 Å². The van der Waals surface area contributed by atoms with Gasteiger partial charge in [0.15, 0.2) is 0 Å². The molecule has 9 heteroatoms. The number of anilines is 3. The molecule has 0 spiro atoms. The quantitative estimate of drug-likeness (QED) is 0.263. The molecule has 0 fully saturated rings. The number of carbonyl (C=O) groups is 2. The van der Waals surface area contributed by atoms with E-state index in [1.807, 2.05) is 0 Å². The minimum atomic E-state index is -0.494. The van der Waals surface area contributed by atoms with Gasteiger partial charge < -0.3 is 25.9 Å². The number of aromatic nitrogens is 2. The van der Waals surface area contributed by atoms with Crippen LogP contribution in [0.4, 0.5) is 21.5 Å². The van der Waals surface area contributed by atoms with Crippen LogP contribution in [0.25, 0.3) is 22.0 Å². The van der Waals surface area contributed by atoms with E-state index in [4.69, 9.17) is 5.73 Å².